The first-order valence-corrected chi connectivity index (χ1v) is 12.4. The first-order valence-electron chi connectivity index (χ1n) is 11.5. The number of nitrogens with one attached hydrogen (secondary N) is 1. The number of hydrogen-bond acceptors (Lipinski definition) is 7. The van der Waals surface area contributed by atoms with Crippen LogP contribution in [0.25, 0.3) is 0 Å². The molecule has 0 aromatic carbocycles. The van der Waals surface area contributed by atoms with E-state index >= 15 is 0 Å². The molecule has 0 aliphatic carbocycles. The minimum atomic E-state index is -0.559. The van der Waals surface area contributed by atoms with Gasteiger partial charge in [-0.3, -0.25) is 10.1 Å². The lowest BCUT2D eigenvalue weighted by Gasteiger charge is -2.34. The summed E-state index contributed by atoms with van der Waals surface area (Å²) in [5.74, 6) is 1.84. The maximum atomic E-state index is 12.8. The molecule has 3 heterocycles. The molecule has 1 unspecified atom stereocenters. The lowest BCUT2D eigenvalue weighted by atomic mass is 9.84. The van der Waals surface area contributed by atoms with Gasteiger partial charge in [0.15, 0.2) is 6.29 Å². The van der Waals surface area contributed by atoms with Crippen molar-refractivity contribution < 1.29 is 23.5 Å². The lowest BCUT2D eigenvalue weighted by Crippen LogP contribution is -2.38. The molecular weight excluding hydrogens is 416 g/mol. The van der Waals surface area contributed by atoms with Gasteiger partial charge in [-0.25, -0.2) is 0 Å². The molecule has 2 aliphatic heterocycles. The van der Waals surface area contributed by atoms with E-state index in [-0.39, 0.29) is 23.7 Å². The molecule has 3 atom stereocenters. The summed E-state index contributed by atoms with van der Waals surface area (Å²) in [6.45, 7) is 12.5. The van der Waals surface area contributed by atoms with E-state index in [4.69, 9.17) is 18.7 Å². The second-order valence-corrected chi connectivity index (χ2v) is 11.4. The fourth-order valence-electron chi connectivity index (χ4n) is 3.68. The van der Waals surface area contributed by atoms with Crippen LogP contribution in [-0.4, -0.2) is 53.8 Å². The van der Waals surface area contributed by atoms with Gasteiger partial charge in [-0.1, -0.05) is 19.0 Å². The van der Waals surface area contributed by atoms with Crippen LogP contribution in [0, 0.1) is 5.92 Å². The summed E-state index contributed by atoms with van der Waals surface area (Å²) >= 11 is 1.67. The Morgan fingerprint density at radius 1 is 1.29 bits per heavy atom. The van der Waals surface area contributed by atoms with E-state index in [9.17, 15) is 4.79 Å². The van der Waals surface area contributed by atoms with Crippen molar-refractivity contribution in [3.8, 4) is 0 Å². The Labute approximate surface area is 190 Å². The fraction of sp³-hybridized carbons (Fsp3) is 0.826. The van der Waals surface area contributed by atoms with E-state index in [2.05, 4.69) is 24.3 Å². The van der Waals surface area contributed by atoms with Gasteiger partial charge in [0.1, 0.15) is 0 Å². The zero-order chi connectivity index (χ0) is 22.5. The Balaban J connectivity index is 1.51. The van der Waals surface area contributed by atoms with E-state index in [0.29, 0.717) is 11.8 Å². The molecule has 176 valence electrons. The molecule has 8 heteroatoms. The second kappa shape index (κ2) is 10.7. The highest BCUT2D eigenvalue weighted by Crippen LogP contribution is 2.33. The number of ether oxygens (including phenoxy) is 3. The van der Waals surface area contributed by atoms with Crippen LogP contribution < -0.4 is 5.32 Å². The number of anilines is 1. The zero-order valence-electron chi connectivity index (χ0n) is 19.6. The number of rotatable bonds is 10. The summed E-state index contributed by atoms with van der Waals surface area (Å²) in [6, 6.07) is 1.80. The molecule has 1 N–H and O–H groups in total. The van der Waals surface area contributed by atoms with Gasteiger partial charge in [0.25, 0.3) is 0 Å². The zero-order valence-corrected chi connectivity index (χ0v) is 20.4. The third-order valence-electron chi connectivity index (χ3n) is 6.48. The van der Waals surface area contributed by atoms with Crippen molar-refractivity contribution in [2.24, 2.45) is 5.92 Å². The molecule has 1 amide bonds. The van der Waals surface area contributed by atoms with Crippen LogP contribution in [0.15, 0.2) is 10.6 Å². The van der Waals surface area contributed by atoms with Gasteiger partial charge in [0.05, 0.1) is 16.5 Å². The van der Waals surface area contributed by atoms with Crippen LogP contribution in [-0.2, 0) is 24.4 Å². The van der Waals surface area contributed by atoms with E-state index in [1.807, 2.05) is 20.8 Å². The number of hydrogen-bond donors (Lipinski definition) is 1. The number of carbonyl (C=O) groups excluding carboxylic acids is 1. The Hall–Kier alpha value is -1.09. The van der Waals surface area contributed by atoms with Gasteiger partial charge in [0.2, 0.25) is 11.8 Å². The molecule has 31 heavy (non-hydrogen) atoms. The molecule has 2 fully saturated rings. The third kappa shape index (κ3) is 6.70. The minimum Gasteiger partial charge on any atom is -0.381 e. The molecule has 1 aromatic heterocycles. The molecule has 7 nitrogen and oxygen atoms in total. The van der Waals surface area contributed by atoms with Crippen LogP contribution in [0.5, 0.6) is 0 Å². The monoisotopic (exact) mass is 454 g/mol. The summed E-state index contributed by atoms with van der Waals surface area (Å²) in [5, 5.41) is 7.11. The molecule has 0 spiro atoms. The molecule has 2 aliphatic rings. The molecule has 0 radical (unpaired) electrons. The highest BCUT2D eigenvalue weighted by molar-refractivity contribution is 8.01. The van der Waals surface area contributed by atoms with Crippen LogP contribution in [0.3, 0.4) is 0 Å². The van der Waals surface area contributed by atoms with E-state index in [0.717, 1.165) is 63.4 Å². The van der Waals surface area contributed by atoms with E-state index < -0.39 is 4.75 Å². The summed E-state index contributed by atoms with van der Waals surface area (Å²) < 4.78 is 22.2. The van der Waals surface area contributed by atoms with Gasteiger partial charge in [-0.05, 0) is 64.5 Å². The van der Waals surface area contributed by atoms with Crippen LogP contribution in [0.4, 0.5) is 5.88 Å². The first-order chi connectivity index (χ1) is 14.7. The number of carbonyl (C=O) groups is 1. The maximum absolute atomic E-state index is 12.8. The van der Waals surface area contributed by atoms with Crippen molar-refractivity contribution in [2.75, 3.05) is 30.9 Å². The Kier molecular flexibility index (Phi) is 8.46. The van der Waals surface area contributed by atoms with Gasteiger partial charge in [-0.2, -0.15) is 0 Å². The van der Waals surface area contributed by atoms with Crippen molar-refractivity contribution in [3.63, 3.8) is 0 Å². The molecule has 0 saturated carbocycles. The van der Waals surface area contributed by atoms with E-state index in [1.165, 1.54) is 0 Å². The van der Waals surface area contributed by atoms with Crippen LogP contribution in [0.1, 0.15) is 72.4 Å². The molecule has 3 rings (SSSR count). The second-order valence-electron chi connectivity index (χ2n) is 9.70. The predicted octanol–water partition coefficient (Wildman–Crippen LogP) is 4.76. The normalized spacial score (nSPS) is 23.6. The minimum absolute atomic E-state index is 0.0828. The SMILES string of the molecule is C[C@H](OC1CCCCO1)C(C)(C)c1cc(NC(=O)C(C)(C)SCC[C@H]2CCOC2)on1. The van der Waals surface area contributed by atoms with Crippen molar-refractivity contribution in [1.29, 1.82) is 0 Å². The van der Waals surface area contributed by atoms with Crippen molar-refractivity contribution in [2.45, 2.75) is 89.3 Å². The maximum Gasteiger partial charge on any atom is 0.242 e. The predicted molar refractivity (Wildman–Crippen MR) is 122 cm³/mol. The van der Waals surface area contributed by atoms with Crippen molar-refractivity contribution in [3.05, 3.63) is 11.8 Å². The average molecular weight is 455 g/mol. The molecule has 2 saturated heterocycles. The van der Waals surface area contributed by atoms with E-state index in [1.54, 1.807) is 17.8 Å². The molecular formula is C23H38N2O5S. The quantitative estimate of drug-likeness (QED) is 0.546. The van der Waals surface area contributed by atoms with Crippen LogP contribution >= 0.6 is 11.8 Å². The van der Waals surface area contributed by atoms with Gasteiger partial charge < -0.3 is 18.7 Å². The highest BCUT2D eigenvalue weighted by atomic mass is 32.2. The Morgan fingerprint density at radius 3 is 2.77 bits per heavy atom. The highest BCUT2D eigenvalue weighted by Gasteiger charge is 2.35. The average Bonchev–Trinajstić information content (AvgIpc) is 3.41. The van der Waals surface area contributed by atoms with Gasteiger partial charge >= 0.3 is 0 Å². The van der Waals surface area contributed by atoms with Crippen LogP contribution in [0.2, 0.25) is 0 Å². The standard InChI is InChI=1S/C23H38N2O5S/c1-16(29-20-8-6-7-11-28-20)22(2,3)18-14-19(30-25-18)24-21(26)23(4,5)31-13-10-17-9-12-27-15-17/h14,16-17,20H,6-13,15H2,1-5H3,(H,24,26)/t16-,17+,20?/m0/s1. The topological polar surface area (TPSA) is 82.8 Å². The molecule has 1 aromatic rings. The number of nitrogens with zero attached hydrogens (tertiary/aromatic N) is 1. The van der Waals surface area contributed by atoms with Crippen molar-refractivity contribution >= 4 is 23.6 Å². The summed E-state index contributed by atoms with van der Waals surface area (Å²) in [6.07, 6.45) is 5.05. The summed E-state index contributed by atoms with van der Waals surface area (Å²) in [7, 11) is 0. The summed E-state index contributed by atoms with van der Waals surface area (Å²) in [4.78, 5) is 12.8. The van der Waals surface area contributed by atoms with Crippen molar-refractivity contribution in [1.82, 2.24) is 5.16 Å². The first kappa shape index (κ1) is 24.6. The van der Waals surface area contributed by atoms with Gasteiger partial charge in [-0.15, -0.1) is 11.8 Å². The Morgan fingerprint density at radius 2 is 2.10 bits per heavy atom. The largest absolute Gasteiger partial charge is 0.381 e. The van der Waals surface area contributed by atoms with Gasteiger partial charge in [0, 0.05) is 31.3 Å². The lowest BCUT2D eigenvalue weighted by molar-refractivity contribution is -0.196. The number of thioether (sulfide) groups is 1. The Bertz CT molecular complexity index is 709. The fourth-order valence-corrected chi connectivity index (χ4v) is 4.83. The third-order valence-corrected chi connectivity index (χ3v) is 7.82. The molecule has 0 bridgehead atoms. The smallest absolute Gasteiger partial charge is 0.242 e. The number of amides is 1. The summed E-state index contributed by atoms with van der Waals surface area (Å²) in [5.41, 5.74) is 0.360. The number of aromatic nitrogens is 1.